The van der Waals surface area contributed by atoms with Crippen molar-refractivity contribution in [3.8, 4) is 6.07 Å². The number of nitrogens with one attached hydrogen (secondary N) is 1. The van der Waals surface area contributed by atoms with Crippen molar-refractivity contribution in [1.82, 2.24) is 9.88 Å². The molecule has 16 heavy (non-hydrogen) atoms. The van der Waals surface area contributed by atoms with Crippen LogP contribution in [0.4, 0.5) is 0 Å². The molecular weight excluding hydrogens is 218 g/mol. The van der Waals surface area contributed by atoms with E-state index in [0.29, 0.717) is 6.04 Å². The normalized spacial score (nSPS) is 20.6. The van der Waals surface area contributed by atoms with Gasteiger partial charge in [-0.15, -0.1) is 0 Å². The molecule has 0 bridgehead atoms. The van der Waals surface area contributed by atoms with E-state index in [1.54, 1.807) is 0 Å². The summed E-state index contributed by atoms with van der Waals surface area (Å²) in [6, 6.07) is 4.79. The minimum Gasteiger partial charge on any atom is -0.342 e. The predicted octanol–water partition coefficient (Wildman–Crippen LogP) is 1.88. The zero-order valence-electron chi connectivity index (χ0n) is 9.57. The highest BCUT2D eigenvalue weighted by Crippen LogP contribution is 2.17. The summed E-state index contributed by atoms with van der Waals surface area (Å²) in [6.45, 7) is 0.876. The zero-order valence-corrected chi connectivity index (χ0v) is 10.4. The van der Waals surface area contributed by atoms with E-state index in [9.17, 15) is 0 Å². The van der Waals surface area contributed by atoms with Crippen LogP contribution in [0.1, 0.15) is 24.1 Å². The van der Waals surface area contributed by atoms with E-state index in [0.717, 1.165) is 12.2 Å². The second-order valence-corrected chi connectivity index (χ2v) is 5.40. The molecule has 0 spiro atoms. The largest absolute Gasteiger partial charge is 0.342 e. The third-order valence-corrected chi connectivity index (χ3v) is 4.15. The lowest BCUT2D eigenvalue weighted by Crippen LogP contribution is -2.33. The van der Waals surface area contributed by atoms with E-state index in [1.165, 1.54) is 29.9 Å². The van der Waals surface area contributed by atoms with Gasteiger partial charge in [0.25, 0.3) is 0 Å². The Morgan fingerprint density at radius 1 is 1.69 bits per heavy atom. The second-order valence-electron chi connectivity index (χ2n) is 4.25. The Morgan fingerprint density at radius 3 is 3.19 bits per heavy atom. The monoisotopic (exact) mass is 235 g/mol. The van der Waals surface area contributed by atoms with Crippen molar-refractivity contribution in [2.24, 2.45) is 7.05 Å². The van der Waals surface area contributed by atoms with Crippen LogP contribution >= 0.6 is 11.8 Å². The van der Waals surface area contributed by atoms with Crippen LogP contribution in [0, 0.1) is 11.3 Å². The first-order valence-corrected chi connectivity index (χ1v) is 6.81. The molecule has 4 heteroatoms. The Hall–Kier alpha value is -0.920. The van der Waals surface area contributed by atoms with Gasteiger partial charge in [0.1, 0.15) is 11.8 Å². The number of rotatable bonds is 3. The summed E-state index contributed by atoms with van der Waals surface area (Å²) < 4.78 is 1.88. The molecule has 86 valence electrons. The number of nitrogens with zero attached hydrogens (tertiary/aromatic N) is 2. The molecule has 0 aliphatic carbocycles. The van der Waals surface area contributed by atoms with Crippen molar-refractivity contribution in [1.29, 1.82) is 5.26 Å². The molecule has 3 nitrogen and oxygen atoms in total. The summed E-state index contributed by atoms with van der Waals surface area (Å²) in [5.41, 5.74) is 1.93. The minimum atomic E-state index is 0.643. The van der Waals surface area contributed by atoms with E-state index in [4.69, 9.17) is 5.26 Å². The van der Waals surface area contributed by atoms with Gasteiger partial charge in [-0.1, -0.05) is 0 Å². The summed E-state index contributed by atoms with van der Waals surface area (Å²) in [4.78, 5) is 0. The maximum atomic E-state index is 8.85. The molecule has 1 aromatic heterocycles. The average Bonchev–Trinajstić information content (AvgIpc) is 2.69. The molecule has 1 atom stereocenters. The number of aryl methyl sites for hydroxylation is 1. The highest BCUT2D eigenvalue weighted by Gasteiger charge is 2.13. The third-order valence-electron chi connectivity index (χ3n) is 2.93. The molecule has 0 amide bonds. The van der Waals surface area contributed by atoms with E-state index in [2.05, 4.69) is 11.4 Å². The van der Waals surface area contributed by atoms with Gasteiger partial charge in [0.15, 0.2) is 0 Å². The first-order valence-electron chi connectivity index (χ1n) is 5.66. The van der Waals surface area contributed by atoms with E-state index >= 15 is 0 Å². The van der Waals surface area contributed by atoms with Crippen LogP contribution in [0.3, 0.4) is 0 Å². The number of thioether (sulfide) groups is 1. The number of nitriles is 1. The smallest absolute Gasteiger partial charge is 0.120 e. The van der Waals surface area contributed by atoms with Crippen molar-refractivity contribution in [2.75, 3.05) is 11.5 Å². The number of hydrogen-bond acceptors (Lipinski definition) is 3. The topological polar surface area (TPSA) is 40.8 Å². The molecule has 1 unspecified atom stereocenters. The van der Waals surface area contributed by atoms with E-state index in [1.807, 2.05) is 35.6 Å². The first kappa shape index (κ1) is 11.6. The fraction of sp³-hybridized carbons (Fsp3) is 0.583. The van der Waals surface area contributed by atoms with Gasteiger partial charge < -0.3 is 9.88 Å². The van der Waals surface area contributed by atoms with Crippen molar-refractivity contribution in [2.45, 2.75) is 25.4 Å². The summed E-state index contributed by atoms with van der Waals surface area (Å²) in [6.07, 6.45) is 4.63. The number of aromatic nitrogens is 1. The van der Waals surface area contributed by atoms with Gasteiger partial charge in [0.2, 0.25) is 0 Å². The summed E-state index contributed by atoms with van der Waals surface area (Å²) in [5, 5.41) is 12.4. The molecule has 1 N–H and O–H groups in total. The van der Waals surface area contributed by atoms with Gasteiger partial charge in [0, 0.05) is 31.6 Å². The molecular formula is C12H17N3S. The van der Waals surface area contributed by atoms with Crippen LogP contribution in [-0.4, -0.2) is 22.1 Å². The third kappa shape index (κ3) is 2.81. The van der Waals surface area contributed by atoms with Gasteiger partial charge >= 0.3 is 0 Å². The van der Waals surface area contributed by atoms with Crippen molar-refractivity contribution in [3.05, 3.63) is 23.5 Å². The summed E-state index contributed by atoms with van der Waals surface area (Å²) >= 11 is 2.03. The van der Waals surface area contributed by atoms with Crippen LogP contribution in [0.5, 0.6) is 0 Å². The van der Waals surface area contributed by atoms with Gasteiger partial charge in [-0.3, -0.25) is 0 Å². The molecule has 0 radical (unpaired) electrons. The van der Waals surface area contributed by atoms with Crippen LogP contribution in [0.25, 0.3) is 0 Å². The molecule has 1 aliphatic heterocycles. The Bertz CT molecular complexity index is 385. The molecule has 0 aromatic carbocycles. The zero-order chi connectivity index (χ0) is 11.4. The highest BCUT2D eigenvalue weighted by atomic mass is 32.2. The Labute approximate surface area is 101 Å². The summed E-state index contributed by atoms with van der Waals surface area (Å²) in [5.74, 6) is 2.53. The van der Waals surface area contributed by atoms with Crippen molar-refractivity contribution >= 4 is 11.8 Å². The molecule has 1 saturated heterocycles. The molecule has 1 fully saturated rings. The maximum absolute atomic E-state index is 8.85. The molecule has 2 rings (SSSR count). The number of hydrogen-bond donors (Lipinski definition) is 1. The van der Waals surface area contributed by atoms with Gasteiger partial charge in [-0.25, -0.2) is 0 Å². The molecule has 0 saturated carbocycles. The first-order chi connectivity index (χ1) is 7.79. The second kappa shape index (κ2) is 5.42. The van der Waals surface area contributed by atoms with Crippen LogP contribution in [-0.2, 0) is 13.6 Å². The fourth-order valence-electron chi connectivity index (χ4n) is 2.00. The molecule has 1 aliphatic rings. The Kier molecular flexibility index (Phi) is 3.92. The van der Waals surface area contributed by atoms with Crippen LogP contribution in [0.15, 0.2) is 12.3 Å². The minimum absolute atomic E-state index is 0.643. The van der Waals surface area contributed by atoms with E-state index in [-0.39, 0.29) is 0 Å². The SMILES string of the molecule is Cn1cc(CNC2CCCSC2)cc1C#N. The van der Waals surface area contributed by atoms with E-state index < -0.39 is 0 Å². The van der Waals surface area contributed by atoms with Crippen molar-refractivity contribution < 1.29 is 0 Å². The lowest BCUT2D eigenvalue weighted by atomic mass is 10.2. The average molecular weight is 235 g/mol. The fourth-order valence-corrected chi connectivity index (χ4v) is 3.11. The standard InChI is InChI=1S/C12H17N3S/c1-15-8-10(5-12(15)6-13)7-14-11-3-2-4-16-9-11/h5,8,11,14H,2-4,7,9H2,1H3. The van der Waals surface area contributed by atoms with Gasteiger partial charge in [0.05, 0.1) is 0 Å². The lowest BCUT2D eigenvalue weighted by molar-refractivity contribution is 0.507. The summed E-state index contributed by atoms with van der Waals surface area (Å²) in [7, 11) is 1.92. The lowest BCUT2D eigenvalue weighted by Gasteiger charge is -2.22. The Balaban J connectivity index is 1.86. The van der Waals surface area contributed by atoms with Crippen molar-refractivity contribution in [3.63, 3.8) is 0 Å². The maximum Gasteiger partial charge on any atom is 0.120 e. The quantitative estimate of drug-likeness (QED) is 0.869. The highest BCUT2D eigenvalue weighted by molar-refractivity contribution is 7.99. The van der Waals surface area contributed by atoms with Crippen LogP contribution in [0.2, 0.25) is 0 Å². The molecule has 2 heterocycles. The van der Waals surface area contributed by atoms with Gasteiger partial charge in [-0.2, -0.15) is 17.0 Å². The van der Waals surface area contributed by atoms with Crippen LogP contribution < -0.4 is 5.32 Å². The molecule has 1 aromatic rings. The predicted molar refractivity (Wildman–Crippen MR) is 67.3 cm³/mol. The Morgan fingerprint density at radius 2 is 2.56 bits per heavy atom. The van der Waals surface area contributed by atoms with Gasteiger partial charge in [-0.05, 0) is 30.2 Å².